The zero-order valence-corrected chi connectivity index (χ0v) is 26.9. The maximum Gasteiger partial charge on any atom is 0.260 e. The van der Waals surface area contributed by atoms with Crippen LogP contribution < -0.4 is 16.6 Å². The van der Waals surface area contributed by atoms with Crippen molar-refractivity contribution in [2.75, 3.05) is 25.1 Å². The van der Waals surface area contributed by atoms with Gasteiger partial charge < -0.3 is 20.3 Å². The van der Waals surface area contributed by atoms with Gasteiger partial charge in [0.1, 0.15) is 11.7 Å². The van der Waals surface area contributed by atoms with Gasteiger partial charge in [-0.25, -0.2) is 0 Å². The molecule has 2 aromatic heterocycles. The molecule has 5 rings (SSSR count). The van der Waals surface area contributed by atoms with Crippen LogP contribution in [-0.2, 0) is 17.7 Å². The molecule has 0 saturated carbocycles. The summed E-state index contributed by atoms with van der Waals surface area (Å²) in [6.45, 7) is 12.5. The molecule has 0 radical (unpaired) electrons. The lowest BCUT2D eigenvalue weighted by Crippen LogP contribution is -2.32. The summed E-state index contributed by atoms with van der Waals surface area (Å²) in [4.78, 5) is 23.9. The summed E-state index contributed by atoms with van der Waals surface area (Å²) in [5, 5.41) is 8.01. The predicted octanol–water partition coefficient (Wildman–Crippen LogP) is 6.76. The number of ether oxygens (including phenoxy) is 1. The lowest BCUT2D eigenvalue weighted by molar-refractivity contribution is 0.0870. The standard InChI is InChI=1S/C35H41ClN6O3/c1-5-22(3)32(39-28-14-17-44-18-15-28)40-34-26(6-2)19-30(29-12-11-27(20-31(29)36)33-38-23(4)45-41-33)35(43)42(34)21-25-9-7-24(8-10-25)13-16-37/h6-12,19-20,22,28H,2,5,13-18,21,37H2,1,3-4H3,(H,39,40). The van der Waals surface area contributed by atoms with E-state index >= 15 is 0 Å². The number of anilines is 1. The van der Waals surface area contributed by atoms with E-state index < -0.39 is 0 Å². The second kappa shape index (κ2) is 14.8. The molecule has 1 aliphatic rings. The number of nitrogens with zero attached hydrogens (tertiary/aromatic N) is 4. The Morgan fingerprint density at radius 3 is 2.53 bits per heavy atom. The van der Waals surface area contributed by atoms with Crippen LogP contribution in [0.3, 0.4) is 0 Å². The molecule has 2 aromatic carbocycles. The number of aryl methyl sites for hydroxylation is 1. The number of hydrogen-bond acceptors (Lipinski definition) is 7. The minimum Gasteiger partial charge on any atom is -0.381 e. The summed E-state index contributed by atoms with van der Waals surface area (Å²) >= 11 is 6.83. The van der Waals surface area contributed by atoms with Gasteiger partial charge in [-0.2, -0.15) is 4.98 Å². The molecule has 1 unspecified atom stereocenters. The van der Waals surface area contributed by atoms with Gasteiger partial charge in [0, 0.05) is 53.3 Å². The van der Waals surface area contributed by atoms with Gasteiger partial charge in [-0.3, -0.25) is 14.4 Å². The third kappa shape index (κ3) is 7.61. The highest BCUT2D eigenvalue weighted by Gasteiger charge is 2.22. The first-order valence-electron chi connectivity index (χ1n) is 15.5. The molecule has 0 aliphatic carbocycles. The van der Waals surface area contributed by atoms with Crippen LogP contribution >= 0.6 is 11.6 Å². The highest BCUT2D eigenvalue weighted by Crippen LogP contribution is 2.32. The Morgan fingerprint density at radius 1 is 1.18 bits per heavy atom. The number of halogens is 1. The predicted molar refractivity (Wildman–Crippen MR) is 182 cm³/mol. The monoisotopic (exact) mass is 628 g/mol. The van der Waals surface area contributed by atoms with Crippen LogP contribution in [0.25, 0.3) is 28.6 Å². The molecule has 1 atom stereocenters. The fraction of sp³-hybridized carbons (Fsp3) is 0.371. The molecule has 0 bridgehead atoms. The van der Waals surface area contributed by atoms with Crippen LogP contribution in [0.2, 0.25) is 5.02 Å². The minimum atomic E-state index is -0.186. The average molecular weight is 629 g/mol. The molecule has 10 heteroatoms. The zero-order chi connectivity index (χ0) is 31.9. The summed E-state index contributed by atoms with van der Waals surface area (Å²) < 4.78 is 12.5. The molecule has 1 aliphatic heterocycles. The van der Waals surface area contributed by atoms with Crippen LogP contribution in [0.1, 0.15) is 55.7 Å². The fourth-order valence-electron chi connectivity index (χ4n) is 5.39. The Bertz CT molecular complexity index is 1720. The molecule has 3 N–H and O–H groups in total. The van der Waals surface area contributed by atoms with E-state index in [1.165, 1.54) is 0 Å². The van der Waals surface area contributed by atoms with Crippen molar-refractivity contribution in [2.24, 2.45) is 16.6 Å². The zero-order valence-electron chi connectivity index (χ0n) is 26.2. The van der Waals surface area contributed by atoms with E-state index in [2.05, 4.69) is 48.0 Å². The second-order valence-corrected chi connectivity index (χ2v) is 11.8. The van der Waals surface area contributed by atoms with Gasteiger partial charge >= 0.3 is 0 Å². The van der Waals surface area contributed by atoms with Gasteiger partial charge in [-0.1, -0.05) is 79.7 Å². The highest BCUT2D eigenvalue weighted by atomic mass is 35.5. The number of nitrogens with two attached hydrogens (primary N) is 1. The lowest BCUT2D eigenvalue weighted by atomic mass is 10.0. The summed E-state index contributed by atoms with van der Waals surface area (Å²) in [7, 11) is 0. The van der Waals surface area contributed by atoms with Crippen molar-refractivity contribution in [2.45, 2.75) is 59.0 Å². The fourth-order valence-corrected chi connectivity index (χ4v) is 5.67. The molecule has 3 heterocycles. The Balaban J connectivity index is 1.63. The van der Waals surface area contributed by atoms with Crippen molar-refractivity contribution >= 4 is 29.3 Å². The van der Waals surface area contributed by atoms with E-state index in [1.807, 2.05) is 30.3 Å². The first-order chi connectivity index (χ1) is 21.8. The molecule has 1 fully saturated rings. The number of hydrogen-bond donors (Lipinski definition) is 2. The van der Waals surface area contributed by atoms with E-state index in [0.717, 1.165) is 48.2 Å². The van der Waals surface area contributed by atoms with Crippen molar-refractivity contribution in [3.05, 3.63) is 93.1 Å². The van der Waals surface area contributed by atoms with Crippen molar-refractivity contribution < 1.29 is 9.26 Å². The average Bonchev–Trinajstić information content (AvgIpc) is 3.50. The van der Waals surface area contributed by atoms with Gasteiger partial charge in [0.25, 0.3) is 5.56 Å². The van der Waals surface area contributed by atoms with Crippen molar-refractivity contribution in [3.63, 3.8) is 0 Å². The number of aromatic nitrogens is 3. The Hall–Kier alpha value is -4.05. The van der Waals surface area contributed by atoms with E-state index in [1.54, 1.807) is 23.6 Å². The molecular weight excluding hydrogens is 588 g/mol. The minimum absolute atomic E-state index is 0.153. The first-order valence-corrected chi connectivity index (χ1v) is 15.9. The Kier molecular flexibility index (Phi) is 10.7. The van der Waals surface area contributed by atoms with Crippen molar-refractivity contribution in [1.29, 1.82) is 0 Å². The summed E-state index contributed by atoms with van der Waals surface area (Å²) in [5.74, 6) is 2.54. The van der Waals surface area contributed by atoms with Crippen molar-refractivity contribution in [3.8, 4) is 22.5 Å². The summed E-state index contributed by atoms with van der Waals surface area (Å²) in [5.41, 5.74) is 10.2. The first kappa shape index (κ1) is 32.3. The van der Waals surface area contributed by atoms with Crippen LogP contribution in [0, 0.1) is 12.8 Å². The van der Waals surface area contributed by atoms with Crippen molar-refractivity contribution in [1.82, 2.24) is 14.7 Å². The third-order valence-electron chi connectivity index (χ3n) is 8.22. The number of amidine groups is 1. The number of benzene rings is 2. The molecular formula is C35H41ClN6O3. The van der Waals surface area contributed by atoms with Gasteiger partial charge in [0.05, 0.1) is 12.6 Å². The quantitative estimate of drug-likeness (QED) is 0.139. The van der Waals surface area contributed by atoms with Crippen LogP contribution in [0.15, 0.2) is 69.4 Å². The molecule has 236 valence electrons. The normalized spacial score (nSPS) is 14.8. The van der Waals surface area contributed by atoms with E-state index in [0.29, 0.717) is 65.5 Å². The molecule has 1 saturated heterocycles. The molecule has 45 heavy (non-hydrogen) atoms. The van der Waals surface area contributed by atoms with Gasteiger partial charge in [-0.15, -0.1) is 0 Å². The lowest BCUT2D eigenvalue weighted by Gasteiger charge is -2.25. The third-order valence-corrected chi connectivity index (χ3v) is 8.53. The molecule has 0 spiro atoms. The number of nitrogens with one attached hydrogen (secondary N) is 1. The maximum absolute atomic E-state index is 14.5. The van der Waals surface area contributed by atoms with Gasteiger partial charge in [0.15, 0.2) is 0 Å². The van der Waals surface area contributed by atoms with Crippen LogP contribution in [0.4, 0.5) is 5.82 Å². The van der Waals surface area contributed by atoms with E-state index in [9.17, 15) is 4.79 Å². The summed E-state index contributed by atoms with van der Waals surface area (Å²) in [6.07, 6.45) is 5.19. The SMILES string of the molecule is C=Cc1cc(-c2ccc(-c3noc(C)n3)cc2Cl)c(=O)n(Cc2ccc(CCN)cc2)c1NC(=NC1CCOCC1)C(C)CC. The number of aliphatic imine (C=N–C) groups is 1. The van der Waals surface area contributed by atoms with Gasteiger partial charge in [-0.05, 0) is 55.5 Å². The summed E-state index contributed by atoms with van der Waals surface area (Å²) in [6, 6.07) is 15.6. The van der Waals surface area contributed by atoms with E-state index in [-0.39, 0.29) is 17.5 Å². The topological polar surface area (TPSA) is 121 Å². The largest absolute Gasteiger partial charge is 0.381 e. The molecule has 0 amide bonds. The molecule has 4 aromatic rings. The smallest absolute Gasteiger partial charge is 0.260 e. The highest BCUT2D eigenvalue weighted by molar-refractivity contribution is 6.33. The van der Waals surface area contributed by atoms with Gasteiger partial charge in [0.2, 0.25) is 11.7 Å². The second-order valence-electron chi connectivity index (χ2n) is 11.4. The Labute approximate surface area is 269 Å². The number of pyridine rings is 1. The molecule has 9 nitrogen and oxygen atoms in total. The van der Waals surface area contributed by atoms with E-state index in [4.69, 9.17) is 31.6 Å². The maximum atomic E-state index is 14.5. The Morgan fingerprint density at radius 2 is 1.91 bits per heavy atom. The van der Waals surface area contributed by atoms with Crippen LogP contribution in [0.5, 0.6) is 0 Å². The number of rotatable bonds is 11. The van der Waals surface area contributed by atoms with Crippen LogP contribution in [-0.4, -0.2) is 46.3 Å².